The van der Waals surface area contributed by atoms with Gasteiger partial charge in [0, 0.05) is 5.56 Å². The lowest BCUT2D eigenvalue weighted by atomic mass is 10.1. The average molecular weight is 193 g/mol. The first kappa shape index (κ1) is 8.87. The van der Waals surface area contributed by atoms with E-state index in [0.717, 1.165) is 5.56 Å². The van der Waals surface area contributed by atoms with E-state index >= 15 is 0 Å². The molecule has 74 valence electrons. The van der Waals surface area contributed by atoms with Crippen molar-refractivity contribution in [2.45, 2.75) is 6.42 Å². The van der Waals surface area contributed by atoms with Crippen LogP contribution in [0.2, 0.25) is 0 Å². The van der Waals surface area contributed by atoms with Gasteiger partial charge in [-0.3, -0.25) is 0 Å². The molecule has 4 nitrogen and oxygen atoms in total. The number of hydrogen-bond acceptors (Lipinski definition) is 4. The fourth-order valence-electron chi connectivity index (χ4n) is 1.25. The molecule has 0 spiro atoms. The zero-order valence-electron chi connectivity index (χ0n) is 7.64. The molecule has 0 fully saturated rings. The number of aromatic hydroxyl groups is 1. The number of benzene rings is 1. The fourth-order valence-corrected chi connectivity index (χ4v) is 1.25. The van der Waals surface area contributed by atoms with Gasteiger partial charge < -0.3 is 14.7 Å². The van der Waals surface area contributed by atoms with Crippen LogP contribution in [0.15, 0.2) is 29.4 Å². The van der Waals surface area contributed by atoms with Gasteiger partial charge in [0.2, 0.25) is 5.90 Å². The summed E-state index contributed by atoms with van der Waals surface area (Å²) >= 11 is 0. The van der Waals surface area contributed by atoms with Crippen LogP contribution in [0.25, 0.3) is 0 Å². The molecule has 0 saturated carbocycles. The lowest BCUT2D eigenvalue weighted by molar-refractivity contribution is 0.0624. The Morgan fingerprint density at radius 2 is 2.14 bits per heavy atom. The molecule has 0 amide bonds. The Hall–Kier alpha value is -1.71. The van der Waals surface area contributed by atoms with Gasteiger partial charge in [0.05, 0.1) is 6.42 Å². The van der Waals surface area contributed by atoms with E-state index in [1.54, 1.807) is 12.1 Å². The normalized spacial score (nSPS) is 15.3. The highest BCUT2D eigenvalue weighted by Crippen LogP contribution is 2.17. The fraction of sp³-hybridized carbons (Fsp3) is 0.300. The minimum Gasteiger partial charge on any atom is -0.508 e. The van der Waals surface area contributed by atoms with E-state index in [2.05, 4.69) is 5.16 Å². The number of phenolic OH excluding ortho intramolecular Hbond substituents is 1. The maximum atomic E-state index is 9.49. The Bertz CT molecular complexity index is 349. The standard InChI is InChI=1S/C10H11NO3/c12-9-4-2-1-3-8(9)7-10-11-14-6-5-13-10/h1-4,12H,5-7H2. The third kappa shape index (κ3) is 1.96. The number of ether oxygens (including phenoxy) is 1. The molecule has 0 radical (unpaired) electrons. The van der Waals surface area contributed by atoms with Crippen molar-refractivity contribution in [1.29, 1.82) is 0 Å². The van der Waals surface area contributed by atoms with E-state index in [9.17, 15) is 5.11 Å². The molecule has 1 heterocycles. The summed E-state index contributed by atoms with van der Waals surface area (Å²) in [4.78, 5) is 4.88. The summed E-state index contributed by atoms with van der Waals surface area (Å²) in [6, 6.07) is 7.10. The van der Waals surface area contributed by atoms with Gasteiger partial charge in [-0.1, -0.05) is 23.4 Å². The molecule has 0 atom stereocenters. The second-order valence-electron chi connectivity index (χ2n) is 2.97. The van der Waals surface area contributed by atoms with Gasteiger partial charge in [0.1, 0.15) is 12.4 Å². The predicted molar refractivity (Wildman–Crippen MR) is 51.1 cm³/mol. The number of hydrogen-bond donors (Lipinski definition) is 1. The highest BCUT2D eigenvalue weighted by molar-refractivity contribution is 5.79. The van der Waals surface area contributed by atoms with Crippen LogP contribution < -0.4 is 0 Å². The first-order valence-electron chi connectivity index (χ1n) is 4.45. The zero-order valence-corrected chi connectivity index (χ0v) is 7.64. The summed E-state index contributed by atoms with van der Waals surface area (Å²) in [6.45, 7) is 1.01. The van der Waals surface area contributed by atoms with E-state index in [1.165, 1.54) is 0 Å². The van der Waals surface area contributed by atoms with Crippen molar-refractivity contribution < 1.29 is 14.7 Å². The summed E-state index contributed by atoms with van der Waals surface area (Å²) < 4.78 is 5.25. The molecule has 1 aliphatic rings. The molecule has 4 heteroatoms. The number of phenols is 1. The molecule has 1 aromatic rings. The number of oxime groups is 1. The van der Waals surface area contributed by atoms with Crippen LogP contribution in [0.3, 0.4) is 0 Å². The van der Waals surface area contributed by atoms with Crippen molar-refractivity contribution >= 4 is 5.90 Å². The first-order valence-corrected chi connectivity index (χ1v) is 4.45. The van der Waals surface area contributed by atoms with Gasteiger partial charge in [-0.15, -0.1) is 0 Å². The Morgan fingerprint density at radius 1 is 1.29 bits per heavy atom. The predicted octanol–water partition coefficient (Wildman–Crippen LogP) is 1.30. The van der Waals surface area contributed by atoms with Gasteiger partial charge in [-0.2, -0.15) is 0 Å². The van der Waals surface area contributed by atoms with Crippen LogP contribution in [-0.2, 0) is 16.0 Å². The SMILES string of the molecule is Oc1ccccc1CC1=NOCCO1. The largest absolute Gasteiger partial charge is 0.508 e. The molecule has 1 N–H and O–H groups in total. The summed E-state index contributed by atoms with van der Waals surface area (Å²) in [5.41, 5.74) is 0.789. The monoisotopic (exact) mass is 193 g/mol. The second-order valence-corrected chi connectivity index (χ2v) is 2.97. The number of para-hydroxylation sites is 1. The van der Waals surface area contributed by atoms with Crippen LogP contribution >= 0.6 is 0 Å². The van der Waals surface area contributed by atoms with Crippen molar-refractivity contribution in [2.75, 3.05) is 13.2 Å². The van der Waals surface area contributed by atoms with Crippen molar-refractivity contribution in [3.63, 3.8) is 0 Å². The molecule has 0 aliphatic carbocycles. The van der Waals surface area contributed by atoms with Crippen LogP contribution in [-0.4, -0.2) is 24.2 Å². The molecule has 0 saturated heterocycles. The number of rotatable bonds is 2. The van der Waals surface area contributed by atoms with E-state index < -0.39 is 0 Å². The minimum atomic E-state index is 0.254. The Labute approximate surface area is 81.8 Å². The summed E-state index contributed by atoms with van der Waals surface area (Å²) in [7, 11) is 0. The van der Waals surface area contributed by atoms with Gasteiger partial charge in [-0.05, 0) is 6.07 Å². The van der Waals surface area contributed by atoms with E-state index in [4.69, 9.17) is 9.57 Å². The molecular weight excluding hydrogens is 182 g/mol. The van der Waals surface area contributed by atoms with Crippen LogP contribution in [0, 0.1) is 0 Å². The molecule has 0 aromatic heterocycles. The van der Waals surface area contributed by atoms with E-state index in [1.807, 2.05) is 12.1 Å². The molecular formula is C10H11NO3. The zero-order chi connectivity index (χ0) is 9.80. The van der Waals surface area contributed by atoms with Crippen LogP contribution in [0.5, 0.6) is 5.75 Å². The molecule has 0 bridgehead atoms. The minimum absolute atomic E-state index is 0.254. The molecule has 2 rings (SSSR count). The summed E-state index contributed by atoms with van der Waals surface area (Å²) in [5.74, 6) is 0.766. The highest BCUT2D eigenvalue weighted by Gasteiger charge is 2.10. The van der Waals surface area contributed by atoms with Crippen molar-refractivity contribution in [3.8, 4) is 5.75 Å². The van der Waals surface area contributed by atoms with Gasteiger partial charge in [-0.25, -0.2) is 0 Å². The van der Waals surface area contributed by atoms with Crippen LogP contribution in [0.1, 0.15) is 5.56 Å². The first-order chi connectivity index (χ1) is 6.86. The van der Waals surface area contributed by atoms with Gasteiger partial charge in [0.25, 0.3) is 0 Å². The Kier molecular flexibility index (Phi) is 2.53. The van der Waals surface area contributed by atoms with Crippen molar-refractivity contribution in [3.05, 3.63) is 29.8 Å². The van der Waals surface area contributed by atoms with Crippen molar-refractivity contribution in [1.82, 2.24) is 0 Å². The van der Waals surface area contributed by atoms with E-state index in [0.29, 0.717) is 25.5 Å². The van der Waals surface area contributed by atoms with Gasteiger partial charge >= 0.3 is 0 Å². The molecule has 0 unspecified atom stereocenters. The maximum Gasteiger partial charge on any atom is 0.230 e. The third-order valence-electron chi connectivity index (χ3n) is 1.94. The van der Waals surface area contributed by atoms with Crippen LogP contribution in [0.4, 0.5) is 0 Å². The lowest BCUT2D eigenvalue weighted by Gasteiger charge is -2.13. The second kappa shape index (κ2) is 4.00. The molecule has 14 heavy (non-hydrogen) atoms. The summed E-state index contributed by atoms with van der Waals surface area (Å²) in [6.07, 6.45) is 0.465. The summed E-state index contributed by atoms with van der Waals surface area (Å²) in [5, 5.41) is 13.2. The van der Waals surface area contributed by atoms with Crippen molar-refractivity contribution in [2.24, 2.45) is 5.16 Å². The molecule has 1 aromatic carbocycles. The smallest absolute Gasteiger partial charge is 0.230 e. The average Bonchev–Trinajstić information content (AvgIpc) is 2.23. The quantitative estimate of drug-likeness (QED) is 0.770. The lowest BCUT2D eigenvalue weighted by Crippen LogP contribution is -2.18. The van der Waals surface area contributed by atoms with E-state index in [-0.39, 0.29) is 5.75 Å². The highest BCUT2D eigenvalue weighted by atomic mass is 16.7. The maximum absolute atomic E-state index is 9.49. The van der Waals surface area contributed by atoms with Gasteiger partial charge in [0.15, 0.2) is 6.61 Å². The third-order valence-corrected chi connectivity index (χ3v) is 1.94. The Balaban J connectivity index is 2.10. The number of nitrogens with zero attached hydrogens (tertiary/aromatic N) is 1. The topological polar surface area (TPSA) is 51.1 Å². The molecule has 1 aliphatic heterocycles. The Morgan fingerprint density at radius 3 is 2.86 bits per heavy atom.